The average Bonchev–Trinajstić information content (AvgIpc) is 2.65. The monoisotopic (exact) mass is 412 g/mol. The van der Waals surface area contributed by atoms with Gasteiger partial charge < -0.3 is 14.4 Å². The van der Waals surface area contributed by atoms with E-state index in [2.05, 4.69) is 18.6 Å². The number of nitrogens with zero attached hydrogens (tertiary/aromatic N) is 1. The number of methoxy groups -OCH3 is 1. The van der Waals surface area contributed by atoms with Gasteiger partial charge in [-0.05, 0) is 49.3 Å². The lowest BCUT2D eigenvalue weighted by molar-refractivity contribution is 0.0676. The van der Waals surface area contributed by atoms with E-state index < -0.39 is 10.0 Å². The van der Waals surface area contributed by atoms with Gasteiger partial charge in [-0.3, -0.25) is 4.79 Å². The Morgan fingerprint density at radius 1 is 1.32 bits per heavy atom. The van der Waals surface area contributed by atoms with Crippen molar-refractivity contribution in [3.63, 3.8) is 0 Å². The Morgan fingerprint density at radius 3 is 2.71 bits per heavy atom. The maximum atomic E-state index is 12.9. The van der Waals surface area contributed by atoms with Crippen LogP contribution in [0.4, 0.5) is 0 Å². The molecule has 1 fully saturated rings. The van der Waals surface area contributed by atoms with Crippen molar-refractivity contribution in [3.8, 4) is 11.5 Å². The number of hydrogen-bond donors (Lipinski definition) is 1. The number of carbonyl (C=O) groups is 1. The van der Waals surface area contributed by atoms with E-state index in [-0.39, 0.29) is 11.8 Å². The SMILES string of the molecule is COc1cc(C(=O)N2CCCC(CNS(C)(=O)=O)C2)ccc1OCCC(C)C. The van der Waals surface area contributed by atoms with Gasteiger partial charge in [0, 0.05) is 25.2 Å². The molecule has 1 saturated heterocycles. The number of amides is 1. The molecule has 158 valence electrons. The van der Waals surface area contributed by atoms with Gasteiger partial charge in [0.25, 0.3) is 5.91 Å². The second kappa shape index (κ2) is 10.1. The smallest absolute Gasteiger partial charge is 0.254 e. The molecule has 0 aliphatic carbocycles. The summed E-state index contributed by atoms with van der Waals surface area (Å²) in [7, 11) is -1.66. The van der Waals surface area contributed by atoms with E-state index in [1.807, 2.05) is 0 Å². The number of carbonyl (C=O) groups excluding carboxylic acids is 1. The van der Waals surface area contributed by atoms with Crippen LogP contribution >= 0.6 is 0 Å². The minimum Gasteiger partial charge on any atom is -0.493 e. The molecular weight excluding hydrogens is 380 g/mol. The second-order valence-electron chi connectivity index (χ2n) is 7.78. The number of benzene rings is 1. The largest absolute Gasteiger partial charge is 0.493 e. The van der Waals surface area contributed by atoms with Gasteiger partial charge in [-0.15, -0.1) is 0 Å². The molecule has 0 aromatic heterocycles. The number of nitrogens with one attached hydrogen (secondary N) is 1. The number of hydrogen-bond acceptors (Lipinski definition) is 5. The Hall–Kier alpha value is -1.80. The highest BCUT2D eigenvalue weighted by Crippen LogP contribution is 2.29. The third-order valence-electron chi connectivity index (χ3n) is 4.80. The molecule has 7 nitrogen and oxygen atoms in total. The average molecular weight is 413 g/mol. The summed E-state index contributed by atoms with van der Waals surface area (Å²) in [6.07, 6.45) is 3.85. The predicted octanol–water partition coefficient (Wildman–Crippen LogP) is 2.52. The minimum absolute atomic E-state index is 0.0731. The first-order valence-corrected chi connectivity index (χ1v) is 11.6. The van der Waals surface area contributed by atoms with E-state index in [0.29, 0.717) is 49.2 Å². The van der Waals surface area contributed by atoms with Gasteiger partial charge in [-0.1, -0.05) is 13.8 Å². The molecule has 1 heterocycles. The lowest BCUT2D eigenvalue weighted by Gasteiger charge is -2.33. The normalized spacial score (nSPS) is 17.6. The summed E-state index contributed by atoms with van der Waals surface area (Å²) >= 11 is 0. The number of piperidine rings is 1. The van der Waals surface area contributed by atoms with E-state index in [0.717, 1.165) is 25.5 Å². The molecule has 1 aliphatic heterocycles. The van der Waals surface area contributed by atoms with Crippen LogP contribution in [0.5, 0.6) is 11.5 Å². The van der Waals surface area contributed by atoms with Crippen molar-refractivity contribution >= 4 is 15.9 Å². The van der Waals surface area contributed by atoms with Crippen molar-refractivity contribution in [1.29, 1.82) is 0 Å². The van der Waals surface area contributed by atoms with E-state index in [1.54, 1.807) is 30.2 Å². The second-order valence-corrected chi connectivity index (χ2v) is 9.61. The van der Waals surface area contributed by atoms with Gasteiger partial charge in [0.1, 0.15) is 0 Å². The maximum Gasteiger partial charge on any atom is 0.254 e. The van der Waals surface area contributed by atoms with Crippen molar-refractivity contribution in [2.24, 2.45) is 11.8 Å². The van der Waals surface area contributed by atoms with Crippen LogP contribution in [-0.2, 0) is 10.0 Å². The summed E-state index contributed by atoms with van der Waals surface area (Å²) in [5.41, 5.74) is 0.546. The van der Waals surface area contributed by atoms with E-state index >= 15 is 0 Å². The fraction of sp³-hybridized carbons (Fsp3) is 0.650. The summed E-state index contributed by atoms with van der Waals surface area (Å²) in [5.74, 6) is 1.77. The molecule has 1 amide bonds. The molecule has 1 aromatic rings. The highest BCUT2D eigenvalue weighted by Gasteiger charge is 2.25. The summed E-state index contributed by atoms with van der Waals surface area (Å²) < 4.78 is 36.3. The van der Waals surface area contributed by atoms with Crippen molar-refractivity contribution in [1.82, 2.24) is 9.62 Å². The molecule has 1 aliphatic rings. The number of rotatable bonds is 9. The number of ether oxygens (including phenoxy) is 2. The third-order valence-corrected chi connectivity index (χ3v) is 5.49. The molecule has 1 aromatic carbocycles. The Labute approximate surface area is 168 Å². The van der Waals surface area contributed by atoms with Crippen LogP contribution in [0.15, 0.2) is 18.2 Å². The number of sulfonamides is 1. The summed E-state index contributed by atoms with van der Waals surface area (Å²) in [6.45, 7) is 6.44. The van der Waals surface area contributed by atoms with E-state index in [1.165, 1.54) is 0 Å². The molecule has 28 heavy (non-hydrogen) atoms. The van der Waals surface area contributed by atoms with Crippen LogP contribution in [0, 0.1) is 11.8 Å². The van der Waals surface area contributed by atoms with E-state index in [4.69, 9.17) is 9.47 Å². The van der Waals surface area contributed by atoms with Crippen molar-refractivity contribution in [3.05, 3.63) is 23.8 Å². The Morgan fingerprint density at radius 2 is 2.07 bits per heavy atom. The molecule has 1 unspecified atom stereocenters. The molecule has 0 radical (unpaired) electrons. The zero-order chi connectivity index (χ0) is 20.7. The van der Waals surface area contributed by atoms with Crippen molar-refractivity contribution < 1.29 is 22.7 Å². The van der Waals surface area contributed by atoms with Gasteiger partial charge in [-0.25, -0.2) is 13.1 Å². The van der Waals surface area contributed by atoms with Crippen LogP contribution < -0.4 is 14.2 Å². The first kappa shape index (κ1) is 22.5. The van der Waals surface area contributed by atoms with E-state index in [9.17, 15) is 13.2 Å². The number of likely N-dealkylation sites (tertiary alicyclic amines) is 1. The van der Waals surface area contributed by atoms with Crippen LogP contribution in [-0.4, -0.2) is 58.8 Å². The first-order valence-electron chi connectivity index (χ1n) is 9.74. The Balaban J connectivity index is 2.02. The van der Waals surface area contributed by atoms with Crippen molar-refractivity contribution in [2.75, 3.05) is 39.6 Å². The topological polar surface area (TPSA) is 84.9 Å². The molecule has 0 saturated carbocycles. The van der Waals surface area contributed by atoms with Gasteiger partial charge in [0.15, 0.2) is 11.5 Å². The van der Waals surface area contributed by atoms with Crippen LogP contribution in [0.3, 0.4) is 0 Å². The maximum absolute atomic E-state index is 12.9. The molecule has 1 atom stereocenters. The zero-order valence-corrected chi connectivity index (χ0v) is 18.0. The van der Waals surface area contributed by atoms with Crippen LogP contribution in [0.2, 0.25) is 0 Å². The van der Waals surface area contributed by atoms with Gasteiger partial charge in [0.2, 0.25) is 10.0 Å². The molecule has 0 bridgehead atoms. The summed E-state index contributed by atoms with van der Waals surface area (Å²) in [5, 5.41) is 0. The molecule has 0 spiro atoms. The van der Waals surface area contributed by atoms with Crippen LogP contribution in [0.25, 0.3) is 0 Å². The fourth-order valence-corrected chi connectivity index (χ4v) is 3.73. The minimum atomic E-state index is -3.22. The molecule has 2 rings (SSSR count). The van der Waals surface area contributed by atoms with Crippen LogP contribution in [0.1, 0.15) is 43.5 Å². The molecular formula is C20H32N2O5S. The lowest BCUT2D eigenvalue weighted by atomic mass is 9.97. The molecule has 8 heteroatoms. The summed E-state index contributed by atoms with van der Waals surface area (Å²) in [6, 6.07) is 5.25. The fourth-order valence-electron chi connectivity index (χ4n) is 3.19. The standard InChI is InChI=1S/C20H32N2O5S/c1-15(2)9-11-27-18-8-7-17(12-19(18)26-3)20(23)22-10-5-6-16(14-22)13-21-28(4,24)25/h7-8,12,15-16,21H,5-6,9-11,13-14H2,1-4H3. The highest BCUT2D eigenvalue weighted by atomic mass is 32.2. The lowest BCUT2D eigenvalue weighted by Crippen LogP contribution is -2.43. The van der Waals surface area contributed by atoms with Gasteiger partial charge in [-0.2, -0.15) is 0 Å². The Kier molecular flexibility index (Phi) is 8.12. The quantitative estimate of drug-likeness (QED) is 0.674. The predicted molar refractivity (Wildman–Crippen MR) is 109 cm³/mol. The van der Waals surface area contributed by atoms with Gasteiger partial charge >= 0.3 is 0 Å². The zero-order valence-electron chi connectivity index (χ0n) is 17.2. The molecule has 1 N–H and O–H groups in total. The highest BCUT2D eigenvalue weighted by molar-refractivity contribution is 7.88. The Bertz CT molecular complexity index is 764. The third kappa shape index (κ3) is 6.98. The summed E-state index contributed by atoms with van der Waals surface area (Å²) in [4.78, 5) is 14.7. The van der Waals surface area contributed by atoms with Gasteiger partial charge in [0.05, 0.1) is 20.0 Å². The van der Waals surface area contributed by atoms with Crippen molar-refractivity contribution in [2.45, 2.75) is 33.1 Å². The first-order chi connectivity index (χ1) is 13.2.